The van der Waals surface area contributed by atoms with Gasteiger partial charge in [0.25, 0.3) is 5.91 Å². The molecule has 0 aliphatic heterocycles. The molecule has 1 amide bonds. The predicted octanol–water partition coefficient (Wildman–Crippen LogP) is 2.51. The number of rotatable bonds is 3. The quantitative estimate of drug-likeness (QED) is 0.883. The first-order chi connectivity index (χ1) is 7.58. The second kappa shape index (κ2) is 5.47. The van der Waals surface area contributed by atoms with Gasteiger partial charge in [-0.05, 0) is 24.6 Å². The van der Waals surface area contributed by atoms with Gasteiger partial charge in [-0.3, -0.25) is 4.79 Å². The average Bonchev–Trinajstić information content (AvgIpc) is 2.25. The van der Waals surface area contributed by atoms with Crippen LogP contribution in [0.25, 0.3) is 0 Å². The molecule has 0 aromatic heterocycles. The first-order valence-electron chi connectivity index (χ1n) is 4.74. The summed E-state index contributed by atoms with van der Waals surface area (Å²) in [5, 5.41) is 11.2. The molecule has 0 heterocycles. The van der Waals surface area contributed by atoms with Gasteiger partial charge in [-0.15, -0.1) is 0 Å². The Balaban J connectivity index is 2.85. The summed E-state index contributed by atoms with van der Waals surface area (Å²) < 4.78 is 12.7. The molecule has 0 aliphatic carbocycles. The normalized spacial score (nSPS) is 11.6. The van der Waals surface area contributed by atoms with Crippen LogP contribution < -0.4 is 5.32 Å². The number of nitrogens with one attached hydrogen (secondary N) is 1. The Kier molecular flexibility index (Phi) is 4.27. The average molecular weight is 241 g/mol. The summed E-state index contributed by atoms with van der Waals surface area (Å²) in [7, 11) is 0. The second-order valence-corrected chi connectivity index (χ2v) is 3.59. The molecular formula is C11H10ClFN2O. The van der Waals surface area contributed by atoms with Crippen LogP contribution in [0.15, 0.2) is 18.2 Å². The van der Waals surface area contributed by atoms with Gasteiger partial charge in [0.05, 0.1) is 16.7 Å². The fraction of sp³-hybridized carbons (Fsp3) is 0.273. The van der Waals surface area contributed by atoms with Gasteiger partial charge in [-0.1, -0.05) is 18.5 Å². The first kappa shape index (κ1) is 12.5. The lowest BCUT2D eigenvalue weighted by atomic mass is 10.2. The molecule has 0 saturated carbocycles. The van der Waals surface area contributed by atoms with Crippen LogP contribution in [0.5, 0.6) is 0 Å². The molecule has 0 radical (unpaired) electrons. The number of carbonyl (C=O) groups excluding carboxylic acids is 1. The van der Waals surface area contributed by atoms with E-state index in [2.05, 4.69) is 5.32 Å². The Hall–Kier alpha value is -1.60. The third kappa shape index (κ3) is 2.94. The number of amides is 1. The highest BCUT2D eigenvalue weighted by molar-refractivity contribution is 6.33. The van der Waals surface area contributed by atoms with Crippen LogP contribution in [0.2, 0.25) is 5.02 Å². The molecule has 1 aromatic carbocycles. The fourth-order valence-electron chi connectivity index (χ4n) is 1.14. The summed E-state index contributed by atoms with van der Waals surface area (Å²) in [5.74, 6) is -0.979. The minimum absolute atomic E-state index is 0.0327. The Morgan fingerprint density at radius 2 is 2.38 bits per heavy atom. The van der Waals surface area contributed by atoms with E-state index in [1.807, 2.05) is 6.07 Å². The highest BCUT2D eigenvalue weighted by Gasteiger charge is 2.14. The van der Waals surface area contributed by atoms with Crippen LogP contribution in [0.3, 0.4) is 0 Å². The number of halogens is 2. The minimum atomic E-state index is -0.561. The maximum Gasteiger partial charge on any atom is 0.253 e. The molecule has 0 saturated heterocycles. The Morgan fingerprint density at radius 3 is 2.88 bits per heavy atom. The minimum Gasteiger partial charge on any atom is -0.336 e. The van der Waals surface area contributed by atoms with Crippen LogP contribution in [0.4, 0.5) is 4.39 Å². The number of nitrogens with zero attached hydrogens (tertiary/aromatic N) is 1. The number of nitriles is 1. The Morgan fingerprint density at radius 1 is 1.69 bits per heavy atom. The van der Waals surface area contributed by atoms with Crippen molar-refractivity contribution in [3.8, 4) is 6.07 Å². The first-order valence-corrected chi connectivity index (χ1v) is 5.11. The van der Waals surface area contributed by atoms with E-state index in [-0.39, 0.29) is 10.6 Å². The standard InChI is InChI=1S/C11H10ClFN2O/c1-2-8(6-14)15-11(16)9-4-3-7(13)5-10(9)12/h3-5,8H,2H2,1H3,(H,15,16). The largest absolute Gasteiger partial charge is 0.336 e. The third-order valence-corrected chi connectivity index (χ3v) is 2.36. The highest BCUT2D eigenvalue weighted by atomic mass is 35.5. The molecule has 1 rings (SSSR count). The zero-order valence-corrected chi connectivity index (χ0v) is 9.38. The summed E-state index contributed by atoms with van der Waals surface area (Å²) in [6, 6.07) is 4.87. The lowest BCUT2D eigenvalue weighted by Crippen LogP contribution is -2.33. The number of hydrogen-bond donors (Lipinski definition) is 1. The van der Waals surface area contributed by atoms with Crippen LogP contribution >= 0.6 is 11.6 Å². The van der Waals surface area contributed by atoms with Crippen molar-refractivity contribution < 1.29 is 9.18 Å². The lowest BCUT2D eigenvalue weighted by Gasteiger charge is -2.09. The van der Waals surface area contributed by atoms with Crippen LogP contribution in [0.1, 0.15) is 23.7 Å². The predicted molar refractivity (Wildman–Crippen MR) is 58.6 cm³/mol. The second-order valence-electron chi connectivity index (χ2n) is 3.19. The number of benzene rings is 1. The smallest absolute Gasteiger partial charge is 0.253 e. The van der Waals surface area contributed by atoms with Crippen molar-refractivity contribution in [3.63, 3.8) is 0 Å². The molecule has 84 valence electrons. The third-order valence-electron chi connectivity index (χ3n) is 2.05. The Labute approximate surface area is 97.8 Å². The summed E-state index contributed by atoms with van der Waals surface area (Å²) in [4.78, 5) is 11.6. The van der Waals surface area contributed by atoms with Gasteiger partial charge >= 0.3 is 0 Å². The van der Waals surface area contributed by atoms with E-state index in [0.717, 1.165) is 12.1 Å². The summed E-state index contributed by atoms with van der Waals surface area (Å²) in [5.41, 5.74) is 0.164. The molecule has 0 fully saturated rings. The van der Waals surface area contributed by atoms with Gasteiger partial charge in [0.2, 0.25) is 0 Å². The zero-order chi connectivity index (χ0) is 12.1. The number of carbonyl (C=O) groups is 1. The molecule has 0 spiro atoms. The summed E-state index contributed by atoms with van der Waals surface area (Å²) in [6.07, 6.45) is 0.501. The molecule has 1 unspecified atom stereocenters. The topological polar surface area (TPSA) is 52.9 Å². The van der Waals surface area contributed by atoms with E-state index in [1.54, 1.807) is 6.92 Å². The summed E-state index contributed by atoms with van der Waals surface area (Å²) >= 11 is 5.71. The van der Waals surface area contributed by atoms with Crippen molar-refractivity contribution in [2.75, 3.05) is 0 Å². The maximum absolute atomic E-state index is 12.7. The maximum atomic E-state index is 12.7. The molecule has 0 bridgehead atoms. The van der Waals surface area contributed by atoms with E-state index < -0.39 is 17.8 Å². The molecular weight excluding hydrogens is 231 g/mol. The van der Waals surface area contributed by atoms with E-state index >= 15 is 0 Å². The van der Waals surface area contributed by atoms with Crippen molar-refractivity contribution in [1.82, 2.24) is 5.32 Å². The van der Waals surface area contributed by atoms with Gasteiger partial charge in [0, 0.05) is 0 Å². The van der Waals surface area contributed by atoms with Gasteiger partial charge < -0.3 is 5.32 Å². The summed E-state index contributed by atoms with van der Waals surface area (Å²) in [6.45, 7) is 1.78. The van der Waals surface area contributed by atoms with Gasteiger partial charge in [0.15, 0.2) is 0 Å². The molecule has 16 heavy (non-hydrogen) atoms. The fourth-order valence-corrected chi connectivity index (χ4v) is 1.39. The SMILES string of the molecule is CCC(C#N)NC(=O)c1ccc(F)cc1Cl. The van der Waals surface area contributed by atoms with E-state index in [9.17, 15) is 9.18 Å². The van der Waals surface area contributed by atoms with Crippen molar-refractivity contribution >= 4 is 17.5 Å². The van der Waals surface area contributed by atoms with Crippen LogP contribution in [-0.4, -0.2) is 11.9 Å². The molecule has 3 nitrogen and oxygen atoms in total. The Bertz CT molecular complexity index is 442. The molecule has 1 aromatic rings. The van der Waals surface area contributed by atoms with Crippen molar-refractivity contribution in [2.45, 2.75) is 19.4 Å². The molecule has 1 atom stereocenters. The van der Waals surface area contributed by atoms with E-state index in [1.165, 1.54) is 6.07 Å². The number of hydrogen-bond acceptors (Lipinski definition) is 2. The van der Waals surface area contributed by atoms with Crippen molar-refractivity contribution in [1.29, 1.82) is 5.26 Å². The van der Waals surface area contributed by atoms with Crippen LogP contribution in [0, 0.1) is 17.1 Å². The zero-order valence-electron chi connectivity index (χ0n) is 8.63. The molecule has 0 aliphatic rings. The van der Waals surface area contributed by atoms with Gasteiger partial charge in [0.1, 0.15) is 11.9 Å². The van der Waals surface area contributed by atoms with E-state index in [4.69, 9.17) is 16.9 Å². The van der Waals surface area contributed by atoms with Crippen molar-refractivity contribution in [3.05, 3.63) is 34.6 Å². The van der Waals surface area contributed by atoms with Gasteiger partial charge in [-0.2, -0.15) is 5.26 Å². The van der Waals surface area contributed by atoms with Crippen LogP contribution in [-0.2, 0) is 0 Å². The van der Waals surface area contributed by atoms with Gasteiger partial charge in [-0.25, -0.2) is 4.39 Å². The molecule has 5 heteroatoms. The van der Waals surface area contributed by atoms with E-state index in [0.29, 0.717) is 6.42 Å². The highest BCUT2D eigenvalue weighted by Crippen LogP contribution is 2.17. The lowest BCUT2D eigenvalue weighted by molar-refractivity contribution is 0.0945. The molecule has 1 N–H and O–H groups in total. The monoisotopic (exact) mass is 240 g/mol. The van der Waals surface area contributed by atoms with Crippen molar-refractivity contribution in [2.24, 2.45) is 0 Å².